The van der Waals surface area contributed by atoms with Gasteiger partial charge in [0.2, 0.25) is 0 Å². The van der Waals surface area contributed by atoms with Crippen LogP contribution >= 0.6 is 0 Å². The van der Waals surface area contributed by atoms with Crippen molar-refractivity contribution >= 4 is 0 Å². The second-order valence-corrected chi connectivity index (χ2v) is 6.10. The first-order valence-corrected chi connectivity index (χ1v) is 7.50. The Morgan fingerprint density at radius 2 is 2.00 bits per heavy atom. The van der Waals surface area contributed by atoms with Gasteiger partial charge < -0.3 is 5.11 Å². The molecule has 1 heterocycles. The van der Waals surface area contributed by atoms with E-state index in [4.69, 9.17) is 0 Å². The van der Waals surface area contributed by atoms with Crippen LogP contribution in [0.5, 0.6) is 0 Å². The minimum atomic E-state index is -0.258. The number of benzene rings is 1. The molecule has 1 N–H and O–H groups in total. The maximum Gasteiger partial charge on any atom is 0.0632 e. The molecule has 1 aromatic carbocycles. The molecule has 1 fully saturated rings. The molecule has 2 aliphatic rings. The van der Waals surface area contributed by atoms with Crippen molar-refractivity contribution < 1.29 is 5.11 Å². The van der Waals surface area contributed by atoms with Crippen LogP contribution < -0.4 is 0 Å². The van der Waals surface area contributed by atoms with E-state index >= 15 is 0 Å². The number of hydrogen-bond acceptors (Lipinski definition) is 2. The Labute approximate surface area is 119 Å². The van der Waals surface area contributed by atoms with Crippen LogP contribution in [-0.4, -0.2) is 16.2 Å². The Kier molecular flexibility index (Phi) is 2.85. The standard InChI is InChI=1S/C18H19NO/c20-16(11-13-6-3-4-10-19-13)18-15-9-8-12-5-1-2-7-14(12)17(15)18/h1-7,10,15-18,20H,8-9,11H2. The second kappa shape index (κ2) is 4.71. The molecule has 1 aromatic heterocycles. The SMILES string of the molecule is OC(Cc1ccccn1)C1C2CCc3ccccc3C21. The summed E-state index contributed by atoms with van der Waals surface area (Å²) in [4.78, 5) is 4.33. The number of rotatable bonds is 3. The van der Waals surface area contributed by atoms with Crippen molar-refractivity contribution in [3.63, 3.8) is 0 Å². The summed E-state index contributed by atoms with van der Waals surface area (Å²) in [6.45, 7) is 0. The summed E-state index contributed by atoms with van der Waals surface area (Å²) >= 11 is 0. The van der Waals surface area contributed by atoms with Crippen LogP contribution in [0.2, 0.25) is 0 Å². The molecule has 0 aliphatic heterocycles. The van der Waals surface area contributed by atoms with E-state index in [0.717, 1.165) is 5.69 Å². The molecule has 4 atom stereocenters. The molecular formula is C18H19NO. The molecule has 1 saturated carbocycles. The van der Waals surface area contributed by atoms with Gasteiger partial charge in [0, 0.05) is 18.3 Å². The highest BCUT2D eigenvalue weighted by atomic mass is 16.3. The van der Waals surface area contributed by atoms with Gasteiger partial charge in [-0.1, -0.05) is 30.3 Å². The first-order valence-electron chi connectivity index (χ1n) is 7.50. The van der Waals surface area contributed by atoms with E-state index in [-0.39, 0.29) is 6.10 Å². The Balaban J connectivity index is 1.52. The molecule has 0 amide bonds. The van der Waals surface area contributed by atoms with Crippen LogP contribution in [0.1, 0.15) is 29.2 Å². The van der Waals surface area contributed by atoms with Gasteiger partial charge in [-0.25, -0.2) is 0 Å². The molecule has 4 unspecified atom stereocenters. The van der Waals surface area contributed by atoms with Crippen LogP contribution in [0.3, 0.4) is 0 Å². The third kappa shape index (κ3) is 1.95. The van der Waals surface area contributed by atoms with Gasteiger partial charge in [-0.3, -0.25) is 4.98 Å². The van der Waals surface area contributed by atoms with Gasteiger partial charge in [-0.15, -0.1) is 0 Å². The van der Waals surface area contributed by atoms with Crippen LogP contribution in [0.4, 0.5) is 0 Å². The summed E-state index contributed by atoms with van der Waals surface area (Å²) in [6, 6.07) is 14.7. The molecule has 20 heavy (non-hydrogen) atoms. The van der Waals surface area contributed by atoms with E-state index in [0.29, 0.717) is 24.2 Å². The van der Waals surface area contributed by atoms with Crippen molar-refractivity contribution in [2.45, 2.75) is 31.3 Å². The normalized spacial score (nSPS) is 28.4. The molecule has 4 rings (SSSR count). The Bertz CT molecular complexity index is 610. The zero-order valence-corrected chi connectivity index (χ0v) is 11.4. The quantitative estimate of drug-likeness (QED) is 0.925. The molecule has 2 nitrogen and oxygen atoms in total. The highest BCUT2D eigenvalue weighted by Crippen LogP contribution is 2.61. The van der Waals surface area contributed by atoms with E-state index in [1.807, 2.05) is 18.2 Å². The number of aliphatic hydroxyl groups excluding tert-OH is 1. The van der Waals surface area contributed by atoms with Gasteiger partial charge in [0.05, 0.1) is 6.10 Å². The Morgan fingerprint density at radius 1 is 1.15 bits per heavy atom. The Morgan fingerprint density at radius 3 is 2.85 bits per heavy atom. The fourth-order valence-electron chi connectivity index (χ4n) is 4.01. The average Bonchev–Trinajstić information content (AvgIpc) is 3.23. The lowest BCUT2D eigenvalue weighted by Crippen LogP contribution is -2.15. The molecule has 2 aliphatic carbocycles. The highest BCUT2D eigenvalue weighted by molar-refractivity contribution is 5.39. The third-order valence-electron chi connectivity index (χ3n) is 4.98. The Hall–Kier alpha value is -1.67. The van der Waals surface area contributed by atoms with Crippen molar-refractivity contribution in [1.82, 2.24) is 4.98 Å². The van der Waals surface area contributed by atoms with Crippen LogP contribution in [0.15, 0.2) is 48.7 Å². The molecule has 2 heteroatoms. The van der Waals surface area contributed by atoms with E-state index in [2.05, 4.69) is 29.2 Å². The first-order chi connectivity index (χ1) is 9.84. The lowest BCUT2D eigenvalue weighted by molar-refractivity contribution is 0.142. The summed E-state index contributed by atoms with van der Waals surface area (Å²) < 4.78 is 0. The minimum absolute atomic E-state index is 0.258. The molecule has 0 radical (unpaired) electrons. The van der Waals surface area contributed by atoms with Crippen molar-refractivity contribution in [1.29, 1.82) is 0 Å². The number of hydrogen-bond donors (Lipinski definition) is 1. The number of aromatic nitrogens is 1. The van der Waals surface area contributed by atoms with Gasteiger partial charge >= 0.3 is 0 Å². The summed E-state index contributed by atoms with van der Waals surface area (Å²) in [7, 11) is 0. The smallest absolute Gasteiger partial charge is 0.0632 e. The van der Waals surface area contributed by atoms with E-state index in [1.165, 1.54) is 24.0 Å². The van der Waals surface area contributed by atoms with E-state index in [1.54, 1.807) is 6.20 Å². The highest BCUT2D eigenvalue weighted by Gasteiger charge is 2.55. The molecule has 0 spiro atoms. The number of fused-ring (bicyclic) bond motifs is 3. The third-order valence-corrected chi connectivity index (χ3v) is 4.98. The van der Waals surface area contributed by atoms with Crippen molar-refractivity contribution in [3.05, 3.63) is 65.5 Å². The van der Waals surface area contributed by atoms with Gasteiger partial charge in [-0.2, -0.15) is 0 Å². The number of nitrogens with zero attached hydrogens (tertiary/aromatic N) is 1. The number of aliphatic hydroxyl groups is 1. The van der Waals surface area contributed by atoms with Crippen molar-refractivity contribution in [2.24, 2.45) is 11.8 Å². The van der Waals surface area contributed by atoms with Gasteiger partial charge in [-0.05, 0) is 53.9 Å². The average molecular weight is 265 g/mol. The lowest BCUT2D eigenvalue weighted by atomic mass is 9.92. The molecule has 0 saturated heterocycles. The summed E-state index contributed by atoms with van der Waals surface area (Å²) in [6.07, 6.45) is 4.62. The number of pyridine rings is 1. The maximum absolute atomic E-state index is 10.6. The lowest BCUT2D eigenvalue weighted by Gasteiger charge is -2.13. The zero-order chi connectivity index (χ0) is 13.5. The predicted molar refractivity (Wildman–Crippen MR) is 78.4 cm³/mol. The summed E-state index contributed by atoms with van der Waals surface area (Å²) in [5.74, 6) is 1.70. The van der Waals surface area contributed by atoms with Crippen LogP contribution in [-0.2, 0) is 12.8 Å². The van der Waals surface area contributed by atoms with Crippen LogP contribution in [0, 0.1) is 11.8 Å². The van der Waals surface area contributed by atoms with Gasteiger partial charge in [0.15, 0.2) is 0 Å². The monoisotopic (exact) mass is 265 g/mol. The fraction of sp³-hybridized carbons (Fsp3) is 0.389. The van der Waals surface area contributed by atoms with Gasteiger partial charge in [0.1, 0.15) is 0 Å². The van der Waals surface area contributed by atoms with Crippen LogP contribution in [0.25, 0.3) is 0 Å². The largest absolute Gasteiger partial charge is 0.392 e. The zero-order valence-electron chi connectivity index (χ0n) is 11.4. The summed E-state index contributed by atoms with van der Waals surface area (Å²) in [5.41, 5.74) is 3.96. The summed E-state index contributed by atoms with van der Waals surface area (Å²) in [5, 5.41) is 10.6. The second-order valence-electron chi connectivity index (χ2n) is 6.10. The van der Waals surface area contributed by atoms with Crippen molar-refractivity contribution in [3.8, 4) is 0 Å². The first kappa shape index (κ1) is 12.1. The van der Waals surface area contributed by atoms with Crippen molar-refractivity contribution in [2.75, 3.05) is 0 Å². The number of aryl methyl sites for hydroxylation is 1. The predicted octanol–water partition coefficient (Wildman–Crippen LogP) is 2.96. The minimum Gasteiger partial charge on any atom is -0.392 e. The maximum atomic E-state index is 10.6. The molecule has 2 aromatic rings. The topological polar surface area (TPSA) is 33.1 Å². The molecule has 0 bridgehead atoms. The molecular weight excluding hydrogens is 246 g/mol. The van der Waals surface area contributed by atoms with E-state index in [9.17, 15) is 5.11 Å². The van der Waals surface area contributed by atoms with Gasteiger partial charge in [0.25, 0.3) is 0 Å². The van der Waals surface area contributed by atoms with E-state index < -0.39 is 0 Å². The fourth-order valence-corrected chi connectivity index (χ4v) is 4.01. The molecule has 102 valence electrons.